The van der Waals surface area contributed by atoms with E-state index < -0.39 is 17.3 Å². The number of carbonyl (C=O) groups excluding carboxylic acids is 2. The van der Waals surface area contributed by atoms with Crippen molar-refractivity contribution in [1.82, 2.24) is 15.2 Å². The number of hydrogen-bond acceptors (Lipinski definition) is 8. The molecule has 1 aromatic carbocycles. The molecule has 0 aliphatic carbocycles. The summed E-state index contributed by atoms with van der Waals surface area (Å²) in [5.74, 6) is -0.863. The van der Waals surface area contributed by atoms with Crippen molar-refractivity contribution >= 4 is 40.1 Å². The number of benzene rings is 1. The molecule has 2 aliphatic rings. The van der Waals surface area contributed by atoms with E-state index >= 15 is 0 Å². The molecule has 0 saturated carbocycles. The van der Waals surface area contributed by atoms with Gasteiger partial charge in [0, 0.05) is 43.6 Å². The van der Waals surface area contributed by atoms with E-state index in [1.54, 1.807) is 30.6 Å². The van der Waals surface area contributed by atoms with Crippen molar-refractivity contribution in [3.63, 3.8) is 0 Å². The smallest absolute Gasteiger partial charge is 0.252 e. The van der Waals surface area contributed by atoms with Gasteiger partial charge >= 0.3 is 0 Å². The van der Waals surface area contributed by atoms with Gasteiger partial charge < -0.3 is 26.2 Å². The van der Waals surface area contributed by atoms with Crippen molar-refractivity contribution < 1.29 is 9.59 Å². The largest absolute Gasteiger partial charge is 0.369 e. The summed E-state index contributed by atoms with van der Waals surface area (Å²) in [4.78, 5) is 37.6. The fourth-order valence-corrected chi connectivity index (χ4v) is 4.53. The molecule has 2 aliphatic heterocycles. The predicted octanol–water partition coefficient (Wildman–Crippen LogP) is 0.958. The SMILES string of the molecule is CN1CCN(c2ccc(C(=O)NC3SC(Nc4cccnc4)=NC3C(N)=O)cc2)CC1. The standard InChI is InChI=1S/C21H25N7O2S/c1-27-9-11-28(12-10-27)16-6-4-14(5-7-16)19(30)26-20-17(18(22)29)25-21(31-20)24-15-3-2-8-23-13-15/h2-8,13,17,20H,9-12H2,1H3,(H2,22,29)(H,24,25)(H,26,30). The average molecular weight is 440 g/mol. The number of anilines is 2. The second-order valence-corrected chi connectivity index (χ2v) is 8.63. The van der Waals surface area contributed by atoms with Gasteiger partial charge in [-0.15, -0.1) is 0 Å². The summed E-state index contributed by atoms with van der Waals surface area (Å²) >= 11 is 1.26. The number of hydrogen-bond donors (Lipinski definition) is 3. The second-order valence-electron chi connectivity index (χ2n) is 7.50. The van der Waals surface area contributed by atoms with E-state index in [2.05, 4.69) is 37.5 Å². The van der Waals surface area contributed by atoms with Gasteiger partial charge in [-0.2, -0.15) is 0 Å². The summed E-state index contributed by atoms with van der Waals surface area (Å²) in [6.07, 6.45) is 3.31. The number of primary amides is 1. The summed E-state index contributed by atoms with van der Waals surface area (Å²) in [6, 6.07) is 10.3. The van der Waals surface area contributed by atoms with Gasteiger partial charge in [-0.3, -0.25) is 14.6 Å². The molecule has 4 rings (SSSR count). The number of nitrogens with one attached hydrogen (secondary N) is 2. The van der Waals surface area contributed by atoms with Crippen LogP contribution < -0.4 is 21.3 Å². The molecule has 0 spiro atoms. The molecule has 3 heterocycles. The van der Waals surface area contributed by atoms with Crippen molar-refractivity contribution in [2.75, 3.05) is 43.4 Å². The molecule has 162 valence electrons. The van der Waals surface area contributed by atoms with Gasteiger partial charge in [0.1, 0.15) is 5.37 Å². The third-order valence-corrected chi connectivity index (χ3v) is 6.32. The van der Waals surface area contributed by atoms with E-state index in [0.29, 0.717) is 10.7 Å². The molecule has 9 nitrogen and oxygen atoms in total. The number of likely N-dealkylation sites (N-methyl/N-ethyl adjacent to an activating group) is 1. The number of aromatic nitrogens is 1. The maximum absolute atomic E-state index is 12.8. The highest BCUT2D eigenvalue weighted by molar-refractivity contribution is 8.15. The monoisotopic (exact) mass is 439 g/mol. The van der Waals surface area contributed by atoms with Gasteiger partial charge in [-0.05, 0) is 43.4 Å². The summed E-state index contributed by atoms with van der Waals surface area (Å²) in [5, 5.41) is 5.90. The Kier molecular flexibility index (Phi) is 6.38. The van der Waals surface area contributed by atoms with Crippen LogP contribution in [-0.2, 0) is 4.79 Å². The number of carbonyl (C=O) groups is 2. The molecule has 1 fully saturated rings. The van der Waals surface area contributed by atoms with Crippen LogP contribution in [0.25, 0.3) is 0 Å². The van der Waals surface area contributed by atoms with Crippen LogP contribution in [0, 0.1) is 0 Å². The summed E-state index contributed by atoms with van der Waals surface area (Å²) in [6.45, 7) is 3.96. The van der Waals surface area contributed by atoms with Crippen LogP contribution in [0.1, 0.15) is 10.4 Å². The zero-order valence-electron chi connectivity index (χ0n) is 17.2. The van der Waals surface area contributed by atoms with Crippen LogP contribution in [0.4, 0.5) is 11.4 Å². The fourth-order valence-electron chi connectivity index (χ4n) is 3.45. The minimum atomic E-state index is -0.849. The number of amidine groups is 1. The lowest BCUT2D eigenvalue weighted by atomic mass is 10.1. The molecule has 2 atom stereocenters. The zero-order chi connectivity index (χ0) is 21.8. The summed E-state index contributed by atoms with van der Waals surface area (Å²) in [5.41, 5.74) is 7.87. The van der Waals surface area contributed by atoms with Gasteiger partial charge in [-0.25, -0.2) is 4.99 Å². The van der Waals surface area contributed by atoms with E-state index in [1.807, 2.05) is 18.2 Å². The Balaban J connectivity index is 1.38. The minimum absolute atomic E-state index is 0.272. The van der Waals surface area contributed by atoms with Crippen LogP contribution in [0.15, 0.2) is 53.8 Å². The summed E-state index contributed by atoms with van der Waals surface area (Å²) < 4.78 is 0. The Morgan fingerprint density at radius 3 is 2.52 bits per heavy atom. The Morgan fingerprint density at radius 2 is 1.87 bits per heavy atom. The Hall–Kier alpha value is -3.11. The van der Waals surface area contributed by atoms with Crippen molar-refractivity contribution in [2.24, 2.45) is 10.7 Å². The van der Waals surface area contributed by atoms with Gasteiger partial charge in [0.2, 0.25) is 5.91 Å². The van der Waals surface area contributed by atoms with E-state index in [4.69, 9.17) is 5.73 Å². The molecule has 10 heteroatoms. The van der Waals surface area contributed by atoms with Crippen molar-refractivity contribution in [3.05, 3.63) is 54.4 Å². The molecule has 1 aromatic heterocycles. The number of thioether (sulfide) groups is 1. The molecule has 1 saturated heterocycles. The third kappa shape index (κ3) is 5.15. The Bertz CT molecular complexity index is 959. The number of rotatable bonds is 5. The number of nitrogens with zero attached hydrogens (tertiary/aromatic N) is 4. The zero-order valence-corrected chi connectivity index (χ0v) is 18.0. The first-order chi connectivity index (χ1) is 15.0. The van der Waals surface area contributed by atoms with E-state index in [9.17, 15) is 9.59 Å². The van der Waals surface area contributed by atoms with Gasteiger partial charge in [0.05, 0.1) is 11.9 Å². The molecule has 31 heavy (non-hydrogen) atoms. The topological polar surface area (TPSA) is 116 Å². The first-order valence-corrected chi connectivity index (χ1v) is 10.9. The van der Waals surface area contributed by atoms with Crippen molar-refractivity contribution in [2.45, 2.75) is 11.4 Å². The molecule has 4 N–H and O–H groups in total. The van der Waals surface area contributed by atoms with Crippen molar-refractivity contribution in [1.29, 1.82) is 0 Å². The van der Waals surface area contributed by atoms with Crippen LogP contribution in [0.3, 0.4) is 0 Å². The molecule has 0 radical (unpaired) electrons. The number of piperazine rings is 1. The first kappa shape index (κ1) is 21.1. The van der Waals surface area contributed by atoms with Crippen LogP contribution in [0.5, 0.6) is 0 Å². The van der Waals surface area contributed by atoms with Gasteiger partial charge in [-0.1, -0.05) is 11.8 Å². The Morgan fingerprint density at radius 1 is 1.13 bits per heavy atom. The van der Waals surface area contributed by atoms with Crippen molar-refractivity contribution in [3.8, 4) is 0 Å². The van der Waals surface area contributed by atoms with Crippen LogP contribution in [-0.4, -0.2) is 71.5 Å². The minimum Gasteiger partial charge on any atom is -0.369 e. The fraction of sp³-hybridized carbons (Fsp3) is 0.333. The normalized spacial score (nSPS) is 21.5. The number of aliphatic imine (C=N–C) groups is 1. The van der Waals surface area contributed by atoms with E-state index in [-0.39, 0.29) is 5.91 Å². The Labute approximate surface area is 185 Å². The van der Waals surface area contributed by atoms with Crippen LogP contribution >= 0.6 is 11.8 Å². The lowest BCUT2D eigenvalue weighted by Gasteiger charge is -2.34. The molecular formula is C21H25N7O2S. The number of pyridine rings is 1. The maximum Gasteiger partial charge on any atom is 0.252 e. The number of nitrogens with two attached hydrogens (primary N) is 1. The van der Waals surface area contributed by atoms with Gasteiger partial charge in [0.15, 0.2) is 11.2 Å². The predicted molar refractivity (Wildman–Crippen MR) is 123 cm³/mol. The summed E-state index contributed by atoms with van der Waals surface area (Å²) in [7, 11) is 2.12. The maximum atomic E-state index is 12.8. The van der Waals surface area contributed by atoms with Gasteiger partial charge in [0.25, 0.3) is 5.91 Å². The van der Waals surface area contributed by atoms with E-state index in [0.717, 1.165) is 37.6 Å². The average Bonchev–Trinajstić information content (AvgIpc) is 3.17. The quantitative estimate of drug-likeness (QED) is 0.635. The highest BCUT2D eigenvalue weighted by Gasteiger charge is 2.35. The molecule has 0 bridgehead atoms. The number of amides is 2. The molecule has 2 amide bonds. The molecule has 2 aromatic rings. The highest BCUT2D eigenvalue weighted by atomic mass is 32.2. The van der Waals surface area contributed by atoms with Crippen LogP contribution in [0.2, 0.25) is 0 Å². The first-order valence-electron chi connectivity index (χ1n) is 10.0. The molecular weight excluding hydrogens is 414 g/mol. The lowest BCUT2D eigenvalue weighted by Crippen LogP contribution is -2.45. The molecule has 2 unspecified atom stereocenters. The highest BCUT2D eigenvalue weighted by Crippen LogP contribution is 2.27. The third-order valence-electron chi connectivity index (χ3n) is 5.26. The van der Waals surface area contributed by atoms with E-state index in [1.165, 1.54) is 11.8 Å². The lowest BCUT2D eigenvalue weighted by molar-refractivity contribution is -0.119. The second kappa shape index (κ2) is 9.36.